The largest absolute Gasteiger partial charge is 0.497 e. The maximum Gasteiger partial charge on any atom is 0.261 e. The summed E-state index contributed by atoms with van der Waals surface area (Å²) in [4.78, 5) is 27.3. The molecule has 2 N–H and O–H groups in total. The topological polar surface area (TPSA) is 94.2 Å². The Balaban J connectivity index is 1.73. The maximum absolute atomic E-state index is 13.3. The first kappa shape index (κ1) is 18.4. The summed E-state index contributed by atoms with van der Waals surface area (Å²) in [7, 11) is 1.62. The molecule has 0 atom stereocenters. The number of para-hydroxylation sites is 1. The van der Waals surface area contributed by atoms with Gasteiger partial charge >= 0.3 is 0 Å². The van der Waals surface area contributed by atoms with Gasteiger partial charge < -0.3 is 15.4 Å². The Morgan fingerprint density at radius 3 is 2.45 bits per heavy atom. The molecule has 0 aliphatic rings. The van der Waals surface area contributed by atoms with Gasteiger partial charge in [0.1, 0.15) is 5.75 Å². The molecular weight excluding hydrogens is 366 g/mol. The van der Waals surface area contributed by atoms with E-state index in [4.69, 9.17) is 10.5 Å². The van der Waals surface area contributed by atoms with E-state index in [9.17, 15) is 4.79 Å². The van der Waals surface area contributed by atoms with E-state index in [0.29, 0.717) is 17.8 Å². The van der Waals surface area contributed by atoms with Gasteiger partial charge in [0.15, 0.2) is 0 Å². The molecule has 0 unspecified atom stereocenters. The lowest BCUT2D eigenvalue weighted by Crippen LogP contribution is -2.30. The minimum atomic E-state index is -0.238. The molecule has 0 saturated heterocycles. The number of carbonyl (C=O) groups is 1. The summed E-state index contributed by atoms with van der Waals surface area (Å²) in [5.41, 5.74) is 8.40. The summed E-state index contributed by atoms with van der Waals surface area (Å²) < 4.78 is 5.22. The van der Waals surface area contributed by atoms with E-state index in [2.05, 4.69) is 15.0 Å². The fourth-order valence-electron chi connectivity index (χ4n) is 3.01. The number of methoxy groups -OCH3 is 1. The molecule has 2 heterocycles. The third-order valence-electron chi connectivity index (χ3n) is 4.55. The number of carbonyl (C=O) groups excluding carboxylic acids is 1. The van der Waals surface area contributed by atoms with Crippen molar-refractivity contribution < 1.29 is 9.53 Å². The fraction of sp³-hybridized carbons (Fsp3) is 0.0909. The van der Waals surface area contributed by atoms with Gasteiger partial charge in [-0.1, -0.05) is 30.3 Å². The van der Waals surface area contributed by atoms with Crippen LogP contribution in [0, 0.1) is 0 Å². The minimum Gasteiger partial charge on any atom is -0.497 e. The number of anilines is 2. The van der Waals surface area contributed by atoms with Crippen LogP contribution in [0.2, 0.25) is 0 Å². The molecule has 4 rings (SSSR count). The summed E-state index contributed by atoms with van der Waals surface area (Å²) in [5.74, 6) is 0.638. The number of aromatic nitrogens is 3. The van der Waals surface area contributed by atoms with Crippen molar-refractivity contribution in [2.75, 3.05) is 17.7 Å². The van der Waals surface area contributed by atoms with Gasteiger partial charge in [0.2, 0.25) is 5.95 Å². The number of benzene rings is 2. The molecule has 0 aliphatic carbocycles. The van der Waals surface area contributed by atoms with Gasteiger partial charge in [0.25, 0.3) is 5.91 Å². The van der Waals surface area contributed by atoms with Crippen molar-refractivity contribution >= 4 is 28.4 Å². The van der Waals surface area contributed by atoms with Gasteiger partial charge in [-0.15, -0.1) is 0 Å². The number of nitrogens with zero attached hydrogens (tertiary/aromatic N) is 4. The number of nitrogens with two attached hydrogens (primary N) is 1. The van der Waals surface area contributed by atoms with Crippen molar-refractivity contribution in [2.45, 2.75) is 6.54 Å². The van der Waals surface area contributed by atoms with Crippen LogP contribution in [-0.4, -0.2) is 28.0 Å². The SMILES string of the molecule is COc1ccc(CN(C(=O)c2cnc(N)nc2)c2cnc3ccccc3c2)cc1. The third kappa shape index (κ3) is 3.98. The monoisotopic (exact) mass is 385 g/mol. The Labute approximate surface area is 167 Å². The lowest BCUT2D eigenvalue weighted by atomic mass is 10.1. The second-order valence-corrected chi connectivity index (χ2v) is 6.46. The van der Waals surface area contributed by atoms with Crippen molar-refractivity contribution in [1.29, 1.82) is 0 Å². The maximum atomic E-state index is 13.3. The molecule has 0 aliphatic heterocycles. The molecule has 4 aromatic rings. The predicted molar refractivity (Wildman–Crippen MR) is 112 cm³/mol. The molecule has 2 aromatic carbocycles. The summed E-state index contributed by atoms with van der Waals surface area (Å²) in [6.07, 6.45) is 4.56. The Hall–Kier alpha value is -4.00. The average Bonchev–Trinajstić information content (AvgIpc) is 2.77. The summed E-state index contributed by atoms with van der Waals surface area (Å²) >= 11 is 0. The van der Waals surface area contributed by atoms with E-state index in [1.807, 2.05) is 54.6 Å². The Morgan fingerprint density at radius 1 is 1.00 bits per heavy atom. The van der Waals surface area contributed by atoms with E-state index < -0.39 is 0 Å². The summed E-state index contributed by atoms with van der Waals surface area (Å²) in [6.45, 7) is 0.354. The number of fused-ring (bicyclic) bond motifs is 1. The normalized spacial score (nSPS) is 10.7. The zero-order chi connectivity index (χ0) is 20.2. The van der Waals surface area contributed by atoms with Gasteiger partial charge in [0.05, 0.1) is 36.6 Å². The molecular formula is C22H19N5O2. The number of ether oxygens (including phenoxy) is 1. The van der Waals surface area contributed by atoms with Crippen LogP contribution in [0.3, 0.4) is 0 Å². The van der Waals surface area contributed by atoms with Crippen molar-refractivity contribution in [3.8, 4) is 5.75 Å². The molecule has 2 aromatic heterocycles. The van der Waals surface area contributed by atoms with Gasteiger partial charge in [-0.2, -0.15) is 0 Å². The molecule has 29 heavy (non-hydrogen) atoms. The predicted octanol–water partition coefficient (Wildman–Crippen LogP) is 3.46. The number of hydrogen-bond acceptors (Lipinski definition) is 6. The van der Waals surface area contributed by atoms with Crippen LogP contribution in [0.1, 0.15) is 15.9 Å². The van der Waals surface area contributed by atoms with Gasteiger partial charge in [-0.3, -0.25) is 9.78 Å². The standard InChI is InChI=1S/C22H19N5O2/c1-29-19-8-6-15(7-9-19)14-27(21(28)17-11-25-22(23)26-12-17)18-10-16-4-2-3-5-20(16)24-13-18/h2-13H,14H2,1H3,(H2,23,25,26). The smallest absolute Gasteiger partial charge is 0.261 e. The van der Waals surface area contributed by atoms with Crippen molar-refractivity contribution in [2.24, 2.45) is 0 Å². The summed E-state index contributed by atoms with van der Waals surface area (Å²) in [5, 5.41) is 0.950. The highest BCUT2D eigenvalue weighted by molar-refractivity contribution is 6.06. The van der Waals surface area contributed by atoms with E-state index in [1.54, 1.807) is 18.2 Å². The van der Waals surface area contributed by atoms with E-state index in [-0.39, 0.29) is 11.9 Å². The van der Waals surface area contributed by atoms with E-state index in [0.717, 1.165) is 22.2 Å². The van der Waals surface area contributed by atoms with Crippen LogP contribution in [0.15, 0.2) is 73.2 Å². The second kappa shape index (κ2) is 7.93. The Morgan fingerprint density at radius 2 is 1.72 bits per heavy atom. The van der Waals surface area contributed by atoms with Crippen LogP contribution >= 0.6 is 0 Å². The highest BCUT2D eigenvalue weighted by atomic mass is 16.5. The molecule has 0 bridgehead atoms. The Bertz CT molecular complexity index is 1140. The van der Waals surface area contributed by atoms with Crippen LogP contribution in [0.4, 0.5) is 11.6 Å². The zero-order valence-corrected chi connectivity index (χ0v) is 15.8. The number of rotatable bonds is 5. The third-order valence-corrected chi connectivity index (χ3v) is 4.55. The van der Waals surface area contributed by atoms with Gasteiger partial charge in [0, 0.05) is 17.8 Å². The molecule has 1 amide bonds. The van der Waals surface area contributed by atoms with Crippen LogP contribution in [0.25, 0.3) is 10.9 Å². The highest BCUT2D eigenvalue weighted by Gasteiger charge is 2.20. The molecule has 7 heteroatoms. The van der Waals surface area contributed by atoms with Crippen molar-refractivity contribution in [1.82, 2.24) is 15.0 Å². The van der Waals surface area contributed by atoms with Crippen LogP contribution < -0.4 is 15.4 Å². The molecule has 144 valence electrons. The van der Waals surface area contributed by atoms with Crippen molar-refractivity contribution in [3.05, 3.63) is 84.3 Å². The van der Waals surface area contributed by atoms with Crippen LogP contribution in [-0.2, 0) is 6.54 Å². The van der Waals surface area contributed by atoms with Gasteiger partial charge in [-0.25, -0.2) is 9.97 Å². The van der Waals surface area contributed by atoms with E-state index in [1.165, 1.54) is 12.4 Å². The van der Waals surface area contributed by atoms with Crippen molar-refractivity contribution in [3.63, 3.8) is 0 Å². The minimum absolute atomic E-state index is 0.121. The average molecular weight is 385 g/mol. The molecule has 0 fully saturated rings. The molecule has 0 spiro atoms. The number of amides is 1. The van der Waals surface area contributed by atoms with E-state index >= 15 is 0 Å². The summed E-state index contributed by atoms with van der Waals surface area (Å²) in [6, 6.07) is 17.3. The quantitative estimate of drug-likeness (QED) is 0.565. The second-order valence-electron chi connectivity index (χ2n) is 6.46. The highest BCUT2D eigenvalue weighted by Crippen LogP contribution is 2.24. The molecule has 0 radical (unpaired) electrons. The lowest BCUT2D eigenvalue weighted by molar-refractivity contribution is 0.0984. The lowest BCUT2D eigenvalue weighted by Gasteiger charge is -2.23. The molecule has 7 nitrogen and oxygen atoms in total. The number of hydrogen-bond donors (Lipinski definition) is 1. The zero-order valence-electron chi connectivity index (χ0n) is 15.8. The number of pyridine rings is 1. The number of nitrogen functional groups attached to an aromatic ring is 1. The first-order chi connectivity index (χ1) is 14.1. The first-order valence-electron chi connectivity index (χ1n) is 9.01. The Kier molecular flexibility index (Phi) is 5.03. The fourth-order valence-corrected chi connectivity index (χ4v) is 3.01. The van der Waals surface area contributed by atoms with Crippen LogP contribution in [0.5, 0.6) is 5.75 Å². The first-order valence-corrected chi connectivity index (χ1v) is 9.01. The van der Waals surface area contributed by atoms with Gasteiger partial charge in [-0.05, 0) is 29.8 Å². The molecule has 0 saturated carbocycles.